The highest BCUT2D eigenvalue weighted by Crippen LogP contribution is 2.34. The minimum absolute atomic E-state index is 0.132. The second kappa shape index (κ2) is 7.07. The maximum atomic E-state index is 12.2. The summed E-state index contributed by atoms with van der Waals surface area (Å²) in [6, 6.07) is 7.73. The fourth-order valence-electron chi connectivity index (χ4n) is 2.11. The van der Waals surface area contributed by atoms with Gasteiger partial charge in [0.1, 0.15) is 4.88 Å². The number of benzene rings is 1. The number of carbonyl (C=O) groups excluding carboxylic acids is 1. The third-order valence-electron chi connectivity index (χ3n) is 3.41. The molecule has 1 unspecified atom stereocenters. The Kier molecular flexibility index (Phi) is 5.40. The normalized spacial score (nSPS) is 12.6. The summed E-state index contributed by atoms with van der Waals surface area (Å²) in [5.41, 5.74) is 0. The summed E-state index contributed by atoms with van der Waals surface area (Å²) in [5, 5.41) is 13.3. The topological polar surface area (TPSA) is 49.3 Å². The molecular weight excluding hydrogens is 294 g/mol. The van der Waals surface area contributed by atoms with E-state index in [-0.39, 0.29) is 12.5 Å². The third kappa shape index (κ3) is 3.32. The monoisotopic (exact) mass is 311 g/mol. The fourth-order valence-corrected chi connectivity index (χ4v) is 3.54. The first-order valence-electron chi connectivity index (χ1n) is 6.73. The number of nitrogens with one attached hydrogen (secondary N) is 1. The molecule has 108 valence electrons. The summed E-state index contributed by atoms with van der Waals surface area (Å²) in [6.45, 7) is 2.78. The molecule has 1 atom stereocenters. The maximum absolute atomic E-state index is 12.2. The Balaban J connectivity index is 2.09. The highest BCUT2D eigenvalue weighted by atomic mass is 35.5. The van der Waals surface area contributed by atoms with Crippen molar-refractivity contribution in [1.29, 1.82) is 0 Å². The molecule has 0 fully saturated rings. The van der Waals surface area contributed by atoms with E-state index in [1.807, 2.05) is 24.3 Å². The summed E-state index contributed by atoms with van der Waals surface area (Å²) < 4.78 is 1.02. The van der Waals surface area contributed by atoms with Gasteiger partial charge in [0.25, 0.3) is 5.91 Å². The number of aliphatic hydroxyl groups excluding tert-OH is 1. The van der Waals surface area contributed by atoms with Crippen LogP contribution < -0.4 is 5.32 Å². The van der Waals surface area contributed by atoms with Crippen molar-refractivity contribution in [2.75, 3.05) is 13.2 Å². The van der Waals surface area contributed by atoms with Gasteiger partial charge in [0.05, 0.1) is 5.02 Å². The molecule has 0 aliphatic carbocycles. The highest BCUT2D eigenvalue weighted by molar-refractivity contribution is 7.21. The summed E-state index contributed by atoms with van der Waals surface area (Å²) in [6.07, 6.45) is 1.64. The molecule has 0 aliphatic rings. The van der Waals surface area contributed by atoms with E-state index < -0.39 is 0 Å². The highest BCUT2D eigenvalue weighted by Gasteiger charge is 2.17. The molecule has 3 nitrogen and oxygen atoms in total. The van der Waals surface area contributed by atoms with Crippen LogP contribution in [0, 0.1) is 5.92 Å². The first kappa shape index (κ1) is 15.3. The number of rotatable bonds is 6. The van der Waals surface area contributed by atoms with Crippen molar-refractivity contribution in [3.63, 3.8) is 0 Å². The lowest BCUT2D eigenvalue weighted by Crippen LogP contribution is -2.29. The van der Waals surface area contributed by atoms with Gasteiger partial charge in [0.2, 0.25) is 0 Å². The van der Waals surface area contributed by atoms with Gasteiger partial charge in [-0.15, -0.1) is 11.3 Å². The van der Waals surface area contributed by atoms with E-state index in [0.29, 0.717) is 28.8 Å². The van der Waals surface area contributed by atoms with Crippen LogP contribution in [0.25, 0.3) is 10.1 Å². The molecule has 0 aliphatic heterocycles. The Morgan fingerprint density at radius 2 is 2.20 bits per heavy atom. The van der Waals surface area contributed by atoms with E-state index in [9.17, 15) is 4.79 Å². The van der Waals surface area contributed by atoms with Gasteiger partial charge >= 0.3 is 0 Å². The first-order chi connectivity index (χ1) is 9.67. The first-order valence-corrected chi connectivity index (χ1v) is 7.92. The van der Waals surface area contributed by atoms with E-state index in [2.05, 4.69) is 12.2 Å². The predicted octanol–water partition coefficient (Wildman–Crippen LogP) is 3.69. The van der Waals surface area contributed by atoms with Gasteiger partial charge in [0, 0.05) is 23.2 Å². The molecule has 2 rings (SSSR count). The second-order valence-electron chi connectivity index (χ2n) is 4.74. The summed E-state index contributed by atoms with van der Waals surface area (Å²) in [4.78, 5) is 12.8. The summed E-state index contributed by atoms with van der Waals surface area (Å²) in [5.74, 6) is 0.171. The molecule has 1 aromatic carbocycles. The molecule has 0 saturated carbocycles. The van der Waals surface area contributed by atoms with Gasteiger partial charge < -0.3 is 10.4 Å². The Labute approximate surface area is 127 Å². The van der Waals surface area contributed by atoms with E-state index in [0.717, 1.165) is 16.5 Å². The third-order valence-corrected chi connectivity index (χ3v) is 5.08. The lowest BCUT2D eigenvalue weighted by molar-refractivity contribution is 0.0948. The van der Waals surface area contributed by atoms with Crippen LogP contribution in [0.2, 0.25) is 5.02 Å². The van der Waals surface area contributed by atoms with Gasteiger partial charge in [-0.3, -0.25) is 4.79 Å². The maximum Gasteiger partial charge on any atom is 0.262 e. The smallest absolute Gasteiger partial charge is 0.262 e. The van der Waals surface area contributed by atoms with E-state index in [1.165, 1.54) is 11.3 Å². The van der Waals surface area contributed by atoms with Crippen molar-refractivity contribution in [3.05, 3.63) is 34.2 Å². The van der Waals surface area contributed by atoms with Crippen molar-refractivity contribution >= 4 is 38.9 Å². The molecule has 1 amide bonds. The Hall–Kier alpha value is -1.10. The van der Waals surface area contributed by atoms with Crippen LogP contribution in [0.3, 0.4) is 0 Å². The molecule has 5 heteroatoms. The van der Waals surface area contributed by atoms with Gasteiger partial charge in [-0.05, 0) is 18.4 Å². The Morgan fingerprint density at radius 3 is 2.85 bits per heavy atom. The fraction of sp³-hybridized carbons (Fsp3) is 0.400. The molecule has 2 aromatic rings. The van der Waals surface area contributed by atoms with Gasteiger partial charge in [-0.1, -0.05) is 43.1 Å². The molecule has 0 bridgehead atoms. The zero-order chi connectivity index (χ0) is 14.5. The number of hydrogen-bond acceptors (Lipinski definition) is 3. The molecule has 1 heterocycles. The van der Waals surface area contributed by atoms with Crippen LogP contribution in [0.5, 0.6) is 0 Å². The molecule has 2 N–H and O–H groups in total. The number of fused-ring (bicyclic) bond motifs is 1. The summed E-state index contributed by atoms with van der Waals surface area (Å²) in [7, 11) is 0. The van der Waals surface area contributed by atoms with Crippen LogP contribution in [-0.2, 0) is 0 Å². The quantitative estimate of drug-likeness (QED) is 0.854. The minimum atomic E-state index is -0.132. The SMILES string of the molecule is CCC(CCO)CNC(=O)c1sc2ccccc2c1Cl. The van der Waals surface area contributed by atoms with Crippen molar-refractivity contribution < 1.29 is 9.90 Å². The number of halogens is 1. The van der Waals surface area contributed by atoms with E-state index in [1.54, 1.807) is 0 Å². The second-order valence-corrected chi connectivity index (χ2v) is 6.17. The largest absolute Gasteiger partial charge is 0.396 e. The number of hydrogen-bond donors (Lipinski definition) is 2. The summed E-state index contributed by atoms with van der Waals surface area (Å²) >= 11 is 7.68. The average molecular weight is 312 g/mol. The molecular formula is C15H18ClNO2S. The molecule has 0 radical (unpaired) electrons. The average Bonchev–Trinajstić information content (AvgIpc) is 2.81. The van der Waals surface area contributed by atoms with Crippen molar-refractivity contribution in [3.8, 4) is 0 Å². The van der Waals surface area contributed by atoms with Gasteiger partial charge in [-0.2, -0.15) is 0 Å². The van der Waals surface area contributed by atoms with Crippen molar-refractivity contribution in [2.24, 2.45) is 5.92 Å². The molecule has 20 heavy (non-hydrogen) atoms. The van der Waals surface area contributed by atoms with Crippen molar-refractivity contribution in [2.45, 2.75) is 19.8 Å². The van der Waals surface area contributed by atoms with Crippen LogP contribution in [0.15, 0.2) is 24.3 Å². The standard InChI is InChI=1S/C15H18ClNO2S/c1-2-10(7-8-18)9-17-15(19)14-13(16)11-5-3-4-6-12(11)20-14/h3-6,10,18H,2,7-9H2,1H3,(H,17,19). The van der Waals surface area contributed by atoms with Crippen LogP contribution in [-0.4, -0.2) is 24.2 Å². The van der Waals surface area contributed by atoms with Crippen LogP contribution in [0.1, 0.15) is 29.4 Å². The van der Waals surface area contributed by atoms with E-state index >= 15 is 0 Å². The number of aliphatic hydroxyl groups is 1. The molecule has 1 aromatic heterocycles. The predicted molar refractivity (Wildman–Crippen MR) is 84.7 cm³/mol. The zero-order valence-electron chi connectivity index (χ0n) is 11.4. The van der Waals surface area contributed by atoms with Crippen LogP contribution >= 0.6 is 22.9 Å². The zero-order valence-corrected chi connectivity index (χ0v) is 12.9. The molecule has 0 saturated heterocycles. The minimum Gasteiger partial charge on any atom is -0.396 e. The Morgan fingerprint density at radius 1 is 1.45 bits per heavy atom. The van der Waals surface area contributed by atoms with Crippen LogP contribution in [0.4, 0.5) is 0 Å². The Bertz CT molecular complexity index is 597. The van der Waals surface area contributed by atoms with Crippen molar-refractivity contribution in [1.82, 2.24) is 5.32 Å². The number of amides is 1. The molecule has 0 spiro atoms. The van der Waals surface area contributed by atoms with Gasteiger partial charge in [0.15, 0.2) is 0 Å². The van der Waals surface area contributed by atoms with Gasteiger partial charge in [-0.25, -0.2) is 0 Å². The number of thiophene rings is 1. The number of carbonyl (C=O) groups is 1. The lowest BCUT2D eigenvalue weighted by Gasteiger charge is -2.13. The lowest BCUT2D eigenvalue weighted by atomic mass is 10.0. The van der Waals surface area contributed by atoms with E-state index in [4.69, 9.17) is 16.7 Å².